The predicted octanol–water partition coefficient (Wildman–Crippen LogP) is 4.96. The lowest BCUT2D eigenvalue weighted by molar-refractivity contribution is -0.115. The Morgan fingerprint density at radius 1 is 1.24 bits per heavy atom. The van der Waals surface area contributed by atoms with Crippen LogP contribution >= 0.6 is 22.7 Å². The van der Waals surface area contributed by atoms with Gasteiger partial charge in [-0.2, -0.15) is 8.78 Å². The number of carbonyl (C=O) groups excluding carboxylic acids is 1. The number of aryl methyl sites for hydroxylation is 1. The molecule has 3 rings (SSSR count). The normalized spacial score (nSPS) is 10.9. The summed E-state index contributed by atoms with van der Waals surface area (Å²) in [5.74, 6) is -0.152. The Labute approximate surface area is 151 Å². The zero-order valence-corrected chi connectivity index (χ0v) is 14.8. The van der Waals surface area contributed by atoms with E-state index in [2.05, 4.69) is 15.0 Å². The van der Waals surface area contributed by atoms with Crippen LogP contribution in [0.5, 0.6) is 5.75 Å². The van der Waals surface area contributed by atoms with Crippen molar-refractivity contribution < 1.29 is 18.3 Å². The van der Waals surface area contributed by atoms with Crippen molar-refractivity contribution in [2.75, 3.05) is 5.32 Å². The van der Waals surface area contributed by atoms with Crippen LogP contribution in [-0.2, 0) is 11.2 Å². The van der Waals surface area contributed by atoms with E-state index in [4.69, 9.17) is 0 Å². The number of anilines is 1. The molecule has 0 saturated heterocycles. The summed E-state index contributed by atoms with van der Waals surface area (Å²) in [6, 6.07) is 10.0. The molecular weight excluding hydrogens is 366 g/mol. The third-order valence-corrected chi connectivity index (χ3v) is 5.04. The first-order valence-electron chi connectivity index (χ1n) is 7.35. The molecule has 0 bridgehead atoms. The molecule has 0 aliphatic rings. The van der Waals surface area contributed by atoms with Gasteiger partial charge >= 0.3 is 6.61 Å². The van der Waals surface area contributed by atoms with Gasteiger partial charge in [0.1, 0.15) is 5.75 Å². The zero-order valence-electron chi connectivity index (χ0n) is 13.2. The first kappa shape index (κ1) is 17.5. The van der Waals surface area contributed by atoms with Crippen LogP contribution in [0.15, 0.2) is 41.8 Å². The average Bonchev–Trinajstić information content (AvgIpc) is 3.17. The van der Waals surface area contributed by atoms with Gasteiger partial charge in [0, 0.05) is 10.3 Å². The highest BCUT2D eigenvalue weighted by Gasteiger charge is 2.10. The third kappa shape index (κ3) is 4.83. The van der Waals surface area contributed by atoms with E-state index in [9.17, 15) is 13.6 Å². The van der Waals surface area contributed by atoms with Crippen molar-refractivity contribution in [1.82, 2.24) is 4.98 Å². The molecule has 0 fully saturated rings. The number of nitrogens with one attached hydrogen (secondary N) is 1. The van der Waals surface area contributed by atoms with Crippen LogP contribution in [0.2, 0.25) is 0 Å². The van der Waals surface area contributed by atoms with E-state index in [-0.39, 0.29) is 18.1 Å². The first-order chi connectivity index (χ1) is 12.0. The van der Waals surface area contributed by atoms with Gasteiger partial charge < -0.3 is 10.1 Å². The van der Waals surface area contributed by atoms with Crippen molar-refractivity contribution >= 4 is 33.7 Å². The van der Waals surface area contributed by atoms with E-state index in [0.29, 0.717) is 10.7 Å². The second-order valence-electron chi connectivity index (χ2n) is 5.20. The molecule has 2 heterocycles. The molecule has 130 valence electrons. The summed E-state index contributed by atoms with van der Waals surface area (Å²) in [4.78, 5) is 18.8. The summed E-state index contributed by atoms with van der Waals surface area (Å²) in [7, 11) is 0. The molecule has 0 radical (unpaired) electrons. The zero-order chi connectivity index (χ0) is 17.8. The average molecular weight is 380 g/mol. The van der Waals surface area contributed by atoms with Gasteiger partial charge in [-0.15, -0.1) is 22.7 Å². The minimum absolute atomic E-state index is 0.0648. The second-order valence-corrected chi connectivity index (χ2v) is 7.34. The van der Waals surface area contributed by atoms with Crippen LogP contribution in [0, 0.1) is 6.92 Å². The molecule has 3 aromatic rings. The number of carbonyl (C=O) groups is 1. The second kappa shape index (κ2) is 7.71. The Balaban J connectivity index is 1.58. The fourth-order valence-electron chi connectivity index (χ4n) is 2.15. The number of amides is 1. The number of nitrogens with zero attached hydrogens (tertiary/aromatic N) is 1. The van der Waals surface area contributed by atoms with Crippen LogP contribution in [0.1, 0.15) is 10.4 Å². The van der Waals surface area contributed by atoms with Crippen molar-refractivity contribution in [3.63, 3.8) is 0 Å². The lowest BCUT2D eigenvalue weighted by Gasteiger charge is -2.05. The third-order valence-electron chi connectivity index (χ3n) is 3.26. The van der Waals surface area contributed by atoms with Gasteiger partial charge in [-0.1, -0.05) is 12.1 Å². The molecule has 2 aromatic heterocycles. The number of thiazole rings is 1. The fourth-order valence-corrected chi connectivity index (χ4v) is 3.78. The molecular formula is C17H14F2N2O2S2. The van der Waals surface area contributed by atoms with Crippen LogP contribution in [0.3, 0.4) is 0 Å². The first-order valence-corrected chi connectivity index (χ1v) is 9.05. The van der Waals surface area contributed by atoms with E-state index in [1.807, 2.05) is 24.4 Å². The molecule has 0 atom stereocenters. The number of aromatic nitrogens is 1. The highest BCUT2D eigenvalue weighted by Crippen LogP contribution is 2.30. The highest BCUT2D eigenvalue weighted by molar-refractivity contribution is 7.17. The Hall–Kier alpha value is -2.32. The predicted molar refractivity (Wildman–Crippen MR) is 95.6 cm³/mol. The molecule has 0 spiro atoms. The fraction of sp³-hybridized carbons (Fsp3) is 0.176. The van der Waals surface area contributed by atoms with Crippen LogP contribution in [-0.4, -0.2) is 17.5 Å². The minimum Gasteiger partial charge on any atom is -0.435 e. The summed E-state index contributed by atoms with van der Waals surface area (Å²) in [5.41, 5.74) is 1.54. The van der Waals surface area contributed by atoms with Gasteiger partial charge in [-0.25, -0.2) is 4.98 Å². The van der Waals surface area contributed by atoms with Crippen molar-refractivity contribution in [3.05, 3.63) is 52.2 Å². The SMILES string of the molecule is Cc1ccc(-c2csc(NC(=O)Cc3ccc(OC(F)F)cc3)n2)s1. The number of rotatable bonds is 6. The number of halogens is 2. The van der Waals surface area contributed by atoms with Crippen LogP contribution in [0.25, 0.3) is 10.6 Å². The smallest absolute Gasteiger partial charge is 0.387 e. The quantitative estimate of drug-likeness (QED) is 0.657. The lowest BCUT2D eigenvalue weighted by Crippen LogP contribution is -2.14. The standard InChI is InChI=1S/C17H14F2N2O2S2/c1-10-2-7-14(25-10)13-9-24-17(20-13)21-15(22)8-11-3-5-12(6-4-11)23-16(18)19/h2-7,9,16H,8H2,1H3,(H,20,21,22). The Morgan fingerprint density at radius 2 is 2.00 bits per heavy atom. The molecule has 1 N–H and O–H groups in total. The van der Waals surface area contributed by atoms with Crippen molar-refractivity contribution in [2.24, 2.45) is 0 Å². The Kier molecular flexibility index (Phi) is 5.40. The maximum absolute atomic E-state index is 12.1. The summed E-state index contributed by atoms with van der Waals surface area (Å²) in [6.45, 7) is -0.832. The molecule has 1 aromatic carbocycles. The molecule has 0 aliphatic carbocycles. The van der Waals surface area contributed by atoms with Crippen LogP contribution < -0.4 is 10.1 Å². The Morgan fingerprint density at radius 3 is 2.64 bits per heavy atom. The molecule has 8 heteroatoms. The lowest BCUT2D eigenvalue weighted by atomic mass is 10.1. The summed E-state index contributed by atoms with van der Waals surface area (Å²) >= 11 is 3.01. The summed E-state index contributed by atoms with van der Waals surface area (Å²) in [6.07, 6.45) is 0.127. The topological polar surface area (TPSA) is 51.2 Å². The Bertz CT molecular complexity index is 860. The maximum Gasteiger partial charge on any atom is 0.387 e. The van der Waals surface area contributed by atoms with Crippen molar-refractivity contribution in [1.29, 1.82) is 0 Å². The summed E-state index contributed by atoms with van der Waals surface area (Å²) < 4.78 is 28.5. The number of thiophene rings is 1. The number of ether oxygens (including phenoxy) is 1. The molecule has 1 amide bonds. The monoisotopic (exact) mass is 380 g/mol. The van der Waals surface area contributed by atoms with E-state index in [1.165, 1.54) is 28.3 Å². The molecule has 4 nitrogen and oxygen atoms in total. The minimum atomic E-state index is -2.86. The number of hydrogen-bond acceptors (Lipinski definition) is 5. The van der Waals surface area contributed by atoms with Gasteiger partial charge in [0.25, 0.3) is 0 Å². The van der Waals surface area contributed by atoms with Crippen LogP contribution in [0.4, 0.5) is 13.9 Å². The molecule has 25 heavy (non-hydrogen) atoms. The largest absolute Gasteiger partial charge is 0.435 e. The number of hydrogen-bond donors (Lipinski definition) is 1. The van der Waals surface area contributed by atoms with E-state index in [0.717, 1.165) is 10.6 Å². The number of alkyl halides is 2. The summed E-state index contributed by atoms with van der Waals surface area (Å²) in [5, 5.41) is 5.19. The van der Waals surface area contributed by atoms with Gasteiger partial charge in [0.15, 0.2) is 5.13 Å². The molecule has 0 saturated carbocycles. The molecule has 0 unspecified atom stereocenters. The van der Waals surface area contributed by atoms with E-state index in [1.54, 1.807) is 23.5 Å². The number of benzene rings is 1. The van der Waals surface area contributed by atoms with Crippen molar-refractivity contribution in [3.8, 4) is 16.3 Å². The van der Waals surface area contributed by atoms with Gasteiger partial charge in [-0.3, -0.25) is 4.79 Å². The van der Waals surface area contributed by atoms with Crippen molar-refractivity contribution in [2.45, 2.75) is 20.0 Å². The van der Waals surface area contributed by atoms with E-state index >= 15 is 0 Å². The molecule has 0 aliphatic heterocycles. The van der Waals surface area contributed by atoms with Gasteiger partial charge in [0.2, 0.25) is 5.91 Å². The van der Waals surface area contributed by atoms with Gasteiger partial charge in [-0.05, 0) is 36.8 Å². The van der Waals surface area contributed by atoms with E-state index < -0.39 is 6.61 Å². The maximum atomic E-state index is 12.1. The van der Waals surface area contributed by atoms with Gasteiger partial charge in [0.05, 0.1) is 17.0 Å². The highest BCUT2D eigenvalue weighted by atomic mass is 32.1.